The van der Waals surface area contributed by atoms with Crippen LogP contribution in [0, 0.1) is 0 Å². The summed E-state index contributed by atoms with van der Waals surface area (Å²) in [7, 11) is -3.29. The predicted molar refractivity (Wildman–Crippen MR) is 82.8 cm³/mol. The monoisotopic (exact) mass is 325 g/mol. The highest BCUT2D eigenvalue weighted by atomic mass is 32.2. The van der Waals surface area contributed by atoms with E-state index in [1.165, 1.54) is 11.3 Å². The molecule has 2 rings (SSSR count). The van der Waals surface area contributed by atoms with Crippen molar-refractivity contribution >= 4 is 32.8 Å². The molecule has 0 amide bonds. The number of hydrogen-bond acceptors (Lipinski definition) is 5. The van der Waals surface area contributed by atoms with E-state index in [4.69, 9.17) is 5.11 Å². The molecule has 0 radical (unpaired) electrons. The van der Waals surface area contributed by atoms with Crippen molar-refractivity contribution in [1.82, 2.24) is 0 Å². The van der Waals surface area contributed by atoms with Crippen molar-refractivity contribution in [3.63, 3.8) is 0 Å². The van der Waals surface area contributed by atoms with Crippen LogP contribution >= 0.6 is 11.3 Å². The summed E-state index contributed by atoms with van der Waals surface area (Å²) >= 11 is 1.32. The molecule has 7 heteroatoms. The van der Waals surface area contributed by atoms with Gasteiger partial charge in [-0.25, -0.2) is 13.2 Å². The lowest BCUT2D eigenvalue weighted by Gasteiger charge is -2.10. The average molecular weight is 325 g/mol. The maximum atomic E-state index is 12.0. The van der Waals surface area contributed by atoms with Gasteiger partial charge in [-0.1, -0.05) is 19.1 Å². The first kappa shape index (κ1) is 15.5. The zero-order chi connectivity index (χ0) is 15.5. The van der Waals surface area contributed by atoms with Gasteiger partial charge in [-0.15, -0.1) is 11.3 Å². The van der Waals surface area contributed by atoms with Crippen molar-refractivity contribution in [2.24, 2.45) is 0 Å². The van der Waals surface area contributed by atoms with E-state index in [0.717, 1.165) is 4.88 Å². The summed E-state index contributed by atoms with van der Waals surface area (Å²) in [6, 6.07) is 8.29. The molecule has 0 aliphatic rings. The van der Waals surface area contributed by atoms with Crippen LogP contribution < -0.4 is 5.32 Å². The summed E-state index contributed by atoms with van der Waals surface area (Å²) in [4.78, 5) is 11.9. The molecule has 2 aromatic rings. The molecule has 21 heavy (non-hydrogen) atoms. The highest BCUT2D eigenvalue weighted by Gasteiger charge is 2.16. The number of carboxylic acid groups (broad SMARTS) is 1. The molecule has 0 saturated carbocycles. The number of sulfone groups is 1. The van der Waals surface area contributed by atoms with Crippen LogP contribution in [0.3, 0.4) is 0 Å². The van der Waals surface area contributed by atoms with Gasteiger partial charge in [-0.3, -0.25) is 0 Å². The summed E-state index contributed by atoms with van der Waals surface area (Å²) < 4.78 is 24.0. The van der Waals surface area contributed by atoms with Crippen LogP contribution in [0.1, 0.15) is 22.2 Å². The lowest BCUT2D eigenvalue weighted by Crippen LogP contribution is -2.08. The molecule has 1 heterocycles. The van der Waals surface area contributed by atoms with E-state index in [9.17, 15) is 13.2 Å². The van der Waals surface area contributed by atoms with Gasteiger partial charge in [-0.05, 0) is 18.2 Å². The first-order chi connectivity index (χ1) is 9.94. The van der Waals surface area contributed by atoms with Gasteiger partial charge >= 0.3 is 5.97 Å². The minimum atomic E-state index is -3.29. The second kappa shape index (κ2) is 6.28. The molecule has 0 unspecified atom stereocenters. The van der Waals surface area contributed by atoms with Crippen LogP contribution in [0.4, 0.5) is 5.69 Å². The molecular weight excluding hydrogens is 310 g/mol. The maximum Gasteiger partial charge on any atom is 0.336 e. The van der Waals surface area contributed by atoms with Gasteiger partial charge in [0.05, 0.1) is 21.9 Å². The average Bonchev–Trinajstić information content (AvgIpc) is 2.94. The Morgan fingerprint density at radius 3 is 2.67 bits per heavy atom. The molecule has 5 nitrogen and oxygen atoms in total. The van der Waals surface area contributed by atoms with Gasteiger partial charge in [0, 0.05) is 16.8 Å². The largest absolute Gasteiger partial charge is 0.478 e. The smallest absolute Gasteiger partial charge is 0.336 e. The number of anilines is 1. The molecule has 0 aliphatic carbocycles. The Morgan fingerprint density at radius 2 is 2.05 bits per heavy atom. The van der Waals surface area contributed by atoms with Gasteiger partial charge in [0.2, 0.25) is 0 Å². The van der Waals surface area contributed by atoms with Crippen LogP contribution in [0.5, 0.6) is 0 Å². The second-order valence-corrected chi connectivity index (χ2v) is 7.60. The van der Waals surface area contributed by atoms with Crippen LogP contribution in [-0.4, -0.2) is 25.2 Å². The van der Waals surface area contributed by atoms with E-state index in [0.29, 0.717) is 12.2 Å². The van der Waals surface area contributed by atoms with Crippen molar-refractivity contribution in [2.75, 3.05) is 11.1 Å². The maximum absolute atomic E-state index is 12.0. The topological polar surface area (TPSA) is 83.5 Å². The number of nitrogens with one attached hydrogen (secondary N) is 1. The van der Waals surface area contributed by atoms with Crippen molar-refractivity contribution < 1.29 is 18.3 Å². The fourth-order valence-electron chi connectivity index (χ4n) is 1.81. The van der Waals surface area contributed by atoms with Crippen LogP contribution in [0.2, 0.25) is 0 Å². The van der Waals surface area contributed by atoms with E-state index in [1.807, 2.05) is 0 Å². The Morgan fingerprint density at radius 1 is 1.33 bits per heavy atom. The molecule has 1 aromatic carbocycles. The van der Waals surface area contributed by atoms with Crippen molar-refractivity contribution in [1.29, 1.82) is 0 Å². The van der Waals surface area contributed by atoms with Crippen LogP contribution in [0.25, 0.3) is 0 Å². The second-order valence-electron chi connectivity index (χ2n) is 4.36. The Labute approximate surface area is 127 Å². The van der Waals surface area contributed by atoms with Crippen LogP contribution in [0.15, 0.2) is 40.6 Å². The molecular formula is C14H15NO4S2. The fourth-order valence-corrected chi connectivity index (χ4v) is 3.68. The van der Waals surface area contributed by atoms with E-state index >= 15 is 0 Å². The van der Waals surface area contributed by atoms with Crippen molar-refractivity contribution in [3.8, 4) is 0 Å². The third kappa shape index (κ3) is 3.62. The number of para-hydroxylation sites is 1. The zero-order valence-corrected chi connectivity index (χ0v) is 13.0. The standard InChI is InChI=1S/C14H15NO4S2/c1-2-21(18,19)13-6-4-3-5-12(13)15-8-11-7-10(9-20-11)14(16)17/h3-7,9,15H,2,8H2,1H3,(H,16,17). The first-order valence-electron chi connectivity index (χ1n) is 6.30. The number of carbonyl (C=O) groups is 1. The molecule has 0 saturated heterocycles. The fraction of sp³-hybridized carbons (Fsp3) is 0.214. The lowest BCUT2D eigenvalue weighted by molar-refractivity contribution is 0.0697. The SMILES string of the molecule is CCS(=O)(=O)c1ccccc1NCc1cc(C(=O)O)cs1. The van der Waals surface area contributed by atoms with Gasteiger partial charge in [0.1, 0.15) is 0 Å². The summed E-state index contributed by atoms with van der Waals surface area (Å²) in [5.41, 5.74) is 0.774. The lowest BCUT2D eigenvalue weighted by atomic mass is 10.3. The van der Waals surface area contributed by atoms with Crippen LogP contribution in [-0.2, 0) is 16.4 Å². The minimum Gasteiger partial charge on any atom is -0.478 e. The summed E-state index contributed by atoms with van der Waals surface area (Å²) in [5.74, 6) is -0.931. The number of aromatic carboxylic acids is 1. The first-order valence-corrected chi connectivity index (χ1v) is 8.83. The van der Waals surface area contributed by atoms with Gasteiger partial charge in [0.25, 0.3) is 0 Å². The third-order valence-corrected chi connectivity index (χ3v) is 5.68. The minimum absolute atomic E-state index is 0.0356. The third-order valence-electron chi connectivity index (χ3n) is 2.96. The quantitative estimate of drug-likeness (QED) is 0.853. The molecule has 2 N–H and O–H groups in total. The molecule has 1 aromatic heterocycles. The number of carboxylic acids is 1. The zero-order valence-electron chi connectivity index (χ0n) is 11.4. The van der Waals surface area contributed by atoms with E-state index in [-0.39, 0.29) is 16.2 Å². The molecule has 112 valence electrons. The normalized spacial score (nSPS) is 11.3. The summed E-state index contributed by atoms with van der Waals surface area (Å²) in [5, 5.41) is 13.5. The number of benzene rings is 1. The molecule has 0 aliphatic heterocycles. The Bertz CT molecular complexity index is 750. The summed E-state index contributed by atoms with van der Waals surface area (Å²) in [6.45, 7) is 1.98. The van der Waals surface area contributed by atoms with Gasteiger partial charge in [-0.2, -0.15) is 0 Å². The number of rotatable bonds is 6. The molecule has 0 bridgehead atoms. The van der Waals surface area contributed by atoms with Gasteiger partial charge in [0.15, 0.2) is 9.84 Å². The Hall–Kier alpha value is -1.86. The summed E-state index contributed by atoms with van der Waals surface area (Å²) in [6.07, 6.45) is 0. The Kier molecular flexibility index (Phi) is 4.64. The van der Waals surface area contributed by atoms with Crippen molar-refractivity contribution in [3.05, 3.63) is 46.2 Å². The van der Waals surface area contributed by atoms with E-state index in [2.05, 4.69) is 5.32 Å². The highest BCUT2D eigenvalue weighted by molar-refractivity contribution is 7.91. The molecule has 0 atom stereocenters. The molecule has 0 fully saturated rings. The Balaban J connectivity index is 2.18. The van der Waals surface area contributed by atoms with Gasteiger partial charge < -0.3 is 10.4 Å². The predicted octanol–water partition coefficient (Wildman–Crippen LogP) is 2.85. The highest BCUT2D eigenvalue weighted by Crippen LogP contribution is 2.23. The number of hydrogen-bond donors (Lipinski definition) is 2. The van der Waals surface area contributed by atoms with Crippen molar-refractivity contribution in [2.45, 2.75) is 18.4 Å². The van der Waals surface area contributed by atoms with E-state index < -0.39 is 15.8 Å². The molecule has 0 spiro atoms. The van der Waals surface area contributed by atoms with E-state index in [1.54, 1.807) is 42.6 Å². The number of thiophene rings is 1.